The van der Waals surface area contributed by atoms with Gasteiger partial charge in [-0.3, -0.25) is 9.59 Å². The molecular weight excluding hydrogens is 266 g/mol. The number of aliphatic carboxylic acids is 1. The van der Waals surface area contributed by atoms with E-state index >= 15 is 0 Å². The highest BCUT2D eigenvalue weighted by Gasteiger charge is 2.18. The smallest absolute Gasteiger partial charge is 0.305 e. The third-order valence-electron chi connectivity index (χ3n) is 3.68. The number of rotatable bonds is 6. The molecule has 21 heavy (non-hydrogen) atoms. The Kier molecular flexibility index (Phi) is 5.55. The maximum Gasteiger partial charge on any atom is 0.305 e. The molecule has 0 aromatic heterocycles. The van der Waals surface area contributed by atoms with Crippen LogP contribution in [0.1, 0.15) is 38.5 Å². The van der Waals surface area contributed by atoms with Gasteiger partial charge >= 0.3 is 5.97 Å². The van der Waals surface area contributed by atoms with E-state index in [-0.39, 0.29) is 18.9 Å². The van der Waals surface area contributed by atoms with E-state index in [1.165, 1.54) is 12.0 Å². The summed E-state index contributed by atoms with van der Waals surface area (Å²) in [5.74, 6) is -0.906. The molecule has 0 aliphatic heterocycles. The fraction of sp³-hybridized carbons (Fsp3) is 0.412. The molecule has 0 atom stereocenters. The van der Waals surface area contributed by atoms with Crippen molar-refractivity contribution in [3.8, 4) is 0 Å². The van der Waals surface area contributed by atoms with E-state index < -0.39 is 5.97 Å². The maximum absolute atomic E-state index is 12.5. The molecule has 0 radical (unpaired) electrons. The van der Waals surface area contributed by atoms with E-state index in [9.17, 15) is 9.59 Å². The Morgan fingerprint density at radius 3 is 2.52 bits per heavy atom. The predicted octanol–water partition coefficient (Wildman–Crippen LogP) is 3.38. The summed E-state index contributed by atoms with van der Waals surface area (Å²) in [6.07, 6.45) is 6.87. The number of carbonyl (C=O) groups is 2. The van der Waals surface area contributed by atoms with Gasteiger partial charge in [-0.05, 0) is 37.8 Å². The average molecular weight is 287 g/mol. The standard InChI is InChI=1S/C17H21NO3/c19-16(13-14-7-3-1-4-8-14)18(12-11-17(20)21)15-9-5-2-6-10-15/h2,5-7,9-10H,1,3-4,8,11-13H2,(H,20,21). The van der Waals surface area contributed by atoms with Crippen molar-refractivity contribution in [1.82, 2.24) is 0 Å². The van der Waals surface area contributed by atoms with Crippen molar-refractivity contribution < 1.29 is 14.7 Å². The van der Waals surface area contributed by atoms with E-state index in [0.29, 0.717) is 6.42 Å². The van der Waals surface area contributed by atoms with Crippen LogP contribution in [0.3, 0.4) is 0 Å². The molecule has 4 heteroatoms. The second-order valence-corrected chi connectivity index (χ2v) is 5.31. The molecule has 0 fully saturated rings. The third kappa shape index (κ3) is 4.74. The molecule has 1 aromatic carbocycles. The molecule has 0 saturated carbocycles. The Morgan fingerprint density at radius 2 is 1.90 bits per heavy atom. The first-order chi connectivity index (χ1) is 10.2. The van der Waals surface area contributed by atoms with E-state index in [0.717, 1.165) is 24.9 Å². The first-order valence-corrected chi connectivity index (χ1v) is 7.42. The number of carboxylic acids is 1. The minimum Gasteiger partial charge on any atom is -0.481 e. The van der Waals surface area contributed by atoms with Crippen molar-refractivity contribution >= 4 is 17.6 Å². The molecule has 0 saturated heterocycles. The van der Waals surface area contributed by atoms with Gasteiger partial charge in [0.1, 0.15) is 0 Å². The van der Waals surface area contributed by atoms with Gasteiger partial charge in [-0.15, -0.1) is 0 Å². The molecule has 0 spiro atoms. The van der Waals surface area contributed by atoms with Crippen LogP contribution in [0.2, 0.25) is 0 Å². The van der Waals surface area contributed by atoms with Crippen molar-refractivity contribution in [1.29, 1.82) is 0 Å². The van der Waals surface area contributed by atoms with Gasteiger partial charge in [-0.2, -0.15) is 0 Å². The molecule has 4 nitrogen and oxygen atoms in total. The zero-order valence-electron chi connectivity index (χ0n) is 12.1. The summed E-state index contributed by atoms with van der Waals surface area (Å²) in [5.41, 5.74) is 1.95. The molecule has 0 unspecified atom stereocenters. The lowest BCUT2D eigenvalue weighted by Crippen LogP contribution is -2.33. The van der Waals surface area contributed by atoms with Crippen molar-refractivity contribution in [3.05, 3.63) is 42.0 Å². The topological polar surface area (TPSA) is 57.6 Å². The molecule has 1 N–H and O–H groups in total. The van der Waals surface area contributed by atoms with Gasteiger partial charge in [0.15, 0.2) is 0 Å². The Morgan fingerprint density at radius 1 is 1.14 bits per heavy atom. The SMILES string of the molecule is O=C(O)CCN(C(=O)CC1=CCCCC1)c1ccccc1. The summed E-state index contributed by atoms with van der Waals surface area (Å²) in [6.45, 7) is 0.214. The number of allylic oxidation sites excluding steroid dienone is 1. The highest BCUT2D eigenvalue weighted by Crippen LogP contribution is 2.23. The van der Waals surface area contributed by atoms with Crippen LogP contribution < -0.4 is 4.90 Å². The van der Waals surface area contributed by atoms with Gasteiger partial charge in [0.2, 0.25) is 5.91 Å². The number of carboxylic acid groups (broad SMARTS) is 1. The van der Waals surface area contributed by atoms with Crippen molar-refractivity contribution in [3.63, 3.8) is 0 Å². The maximum atomic E-state index is 12.5. The predicted molar refractivity (Wildman–Crippen MR) is 82.2 cm³/mol. The second-order valence-electron chi connectivity index (χ2n) is 5.31. The highest BCUT2D eigenvalue weighted by molar-refractivity contribution is 5.95. The number of anilines is 1. The van der Waals surface area contributed by atoms with Crippen LogP contribution in [0, 0.1) is 0 Å². The molecule has 2 rings (SSSR count). The first-order valence-electron chi connectivity index (χ1n) is 7.42. The van der Waals surface area contributed by atoms with Crippen LogP contribution in [0.25, 0.3) is 0 Å². The van der Waals surface area contributed by atoms with Crippen molar-refractivity contribution in [2.45, 2.75) is 38.5 Å². The minimum absolute atomic E-state index is 0.0180. The summed E-state index contributed by atoms with van der Waals surface area (Å²) < 4.78 is 0. The van der Waals surface area contributed by atoms with Gasteiger partial charge in [0.25, 0.3) is 0 Å². The first kappa shape index (κ1) is 15.3. The molecular formula is C17H21NO3. The normalized spacial score (nSPS) is 14.4. The van der Waals surface area contributed by atoms with Crippen LogP contribution in [0.15, 0.2) is 42.0 Å². The van der Waals surface area contributed by atoms with E-state index in [4.69, 9.17) is 5.11 Å². The molecule has 0 heterocycles. The monoisotopic (exact) mass is 287 g/mol. The summed E-state index contributed by atoms with van der Waals surface area (Å²) in [6, 6.07) is 9.28. The summed E-state index contributed by atoms with van der Waals surface area (Å²) in [4.78, 5) is 24.9. The Hall–Kier alpha value is -2.10. The van der Waals surface area contributed by atoms with Crippen molar-refractivity contribution in [2.75, 3.05) is 11.4 Å². The zero-order chi connectivity index (χ0) is 15.1. The second kappa shape index (κ2) is 7.62. The van der Waals surface area contributed by atoms with Crippen LogP contribution in [0.5, 0.6) is 0 Å². The minimum atomic E-state index is -0.888. The Balaban J connectivity index is 2.08. The highest BCUT2D eigenvalue weighted by atomic mass is 16.4. The Bertz CT molecular complexity index is 522. The summed E-state index contributed by atoms with van der Waals surface area (Å²) in [5, 5.41) is 8.86. The molecule has 112 valence electrons. The van der Waals surface area contributed by atoms with Gasteiger partial charge in [-0.25, -0.2) is 0 Å². The fourth-order valence-electron chi connectivity index (χ4n) is 2.57. The lowest BCUT2D eigenvalue weighted by molar-refractivity contribution is -0.136. The molecule has 1 aliphatic rings. The number of hydrogen-bond acceptors (Lipinski definition) is 2. The lowest BCUT2D eigenvalue weighted by Gasteiger charge is -2.23. The van der Waals surface area contributed by atoms with Gasteiger partial charge in [0, 0.05) is 18.7 Å². The summed E-state index contributed by atoms with van der Waals surface area (Å²) in [7, 11) is 0. The van der Waals surface area contributed by atoms with E-state index in [1.807, 2.05) is 30.3 Å². The third-order valence-corrected chi connectivity index (χ3v) is 3.68. The van der Waals surface area contributed by atoms with Crippen molar-refractivity contribution in [2.24, 2.45) is 0 Å². The van der Waals surface area contributed by atoms with Crippen LogP contribution >= 0.6 is 0 Å². The van der Waals surface area contributed by atoms with Crippen LogP contribution in [-0.2, 0) is 9.59 Å². The number of para-hydroxylation sites is 1. The fourth-order valence-corrected chi connectivity index (χ4v) is 2.57. The summed E-state index contributed by atoms with van der Waals surface area (Å²) >= 11 is 0. The van der Waals surface area contributed by atoms with E-state index in [1.54, 1.807) is 4.90 Å². The Labute approximate surface area is 125 Å². The van der Waals surface area contributed by atoms with E-state index in [2.05, 4.69) is 6.08 Å². The largest absolute Gasteiger partial charge is 0.481 e. The molecule has 0 bridgehead atoms. The molecule has 1 aromatic rings. The van der Waals surface area contributed by atoms with Crippen LogP contribution in [0.4, 0.5) is 5.69 Å². The number of nitrogens with zero attached hydrogens (tertiary/aromatic N) is 1. The number of carbonyl (C=O) groups excluding carboxylic acids is 1. The zero-order valence-corrected chi connectivity index (χ0v) is 12.1. The number of amides is 1. The number of hydrogen-bond donors (Lipinski definition) is 1. The average Bonchev–Trinajstić information content (AvgIpc) is 2.49. The molecule has 1 amide bonds. The quantitative estimate of drug-likeness (QED) is 0.816. The molecule has 1 aliphatic carbocycles. The lowest BCUT2D eigenvalue weighted by atomic mass is 9.96. The van der Waals surface area contributed by atoms with Gasteiger partial charge < -0.3 is 10.0 Å². The number of benzene rings is 1. The van der Waals surface area contributed by atoms with Gasteiger partial charge in [0.05, 0.1) is 6.42 Å². The van der Waals surface area contributed by atoms with Crippen LogP contribution in [-0.4, -0.2) is 23.5 Å². The van der Waals surface area contributed by atoms with Gasteiger partial charge in [-0.1, -0.05) is 29.8 Å².